The minimum atomic E-state index is -0.539. The first kappa shape index (κ1) is 16.8. The third-order valence-electron chi connectivity index (χ3n) is 4.39. The van der Waals surface area contributed by atoms with E-state index in [0.717, 1.165) is 22.2 Å². The van der Waals surface area contributed by atoms with E-state index in [1.165, 1.54) is 19.2 Å². The van der Waals surface area contributed by atoms with Gasteiger partial charge in [-0.25, -0.2) is 14.4 Å². The largest absolute Gasteiger partial charge is 0.494 e. The number of rotatable bonds is 4. The summed E-state index contributed by atoms with van der Waals surface area (Å²) in [5.41, 5.74) is 9.08. The second-order valence-electron chi connectivity index (χ2n) is 6.14. The average Bonchev–Trinajstić information content (AvgIpc) is 3.02. The second kappa shape index (κ2) is 6.60. The molecule has 0 amide bonds. The fourth-order valence-corrected chi connectivity index (χ4v) is 3.07. The molecule has 0 bridgehead atoms. The molecule has 0 aliphatic carbocycles. The summed E-state index contributed by atoms with van der Waals surface area (Å²) < 4.78 is 20.9. The third kappa shape index (κ3) is 3.03. The number of fused-ring (bicyclic) bond motifs is 1. The number of halogens is 1. The smallest absolute Gasteiger partial charge is 0.227 e. The van der Waals surface area contributed by atoms with Crippen molar-refractivity contribution < 1.29 is 9.13 Å². The number of benzene rings is 2. The zero-order chi connectivity index (χ0) is 19.0. The molecule has 2 aromatic heterocycles. The molecule has 0 saturated carbocycles. The minimum Gasteiger partial charge on any atom is -0.494 e. The molecule has 0 fully saturated rings. The molecule has 2 aromatic carbocycles. The van der Waals surface area contributed by atoms with E-state index in [0.29, 0.717) is 17.4 Å². The van der Waals surface area contributed by atoms with Crippen molar-refractivity contribution in [2.45, 2.75) is 0 Å². The second-order valence-corrected chi connectivity index (χ2v) is 6.14. The van der Waals surface area contributed by atoms with Crippen LogP contribution in [0, 0.1) is 5.82 Å². The number of nitrogens with one attached hydrogen (secondary N) is 1. The summed E-state index contributed by atoms with van der Waals surface area (Å²) in [5.74, 6) is 0.147. The first-order valence-electron chi connectivity index (χ1n) is 8.34. The Kier molecular flexibility index (Phi) is 4.12. The molecule has 0 aliphatic rings. The van der Waals surface area contributed by atoms with Crippen molar-refractivity contribution in [1.29, 1.82) is 0 Å². The minimum absolute atomic E-state index is 0.0171. The summed E-state index contributed by atoms with van der Waals surface area (Å²) in [6, 6.07) is 12.7. The quantitative estimate of drug-likeness (QED) is 0.534. The van der Waals surface area contributed by atoms with Crippen molar-refractivity contribution in [2.24, 2.45) is 7.05 Å². The molecule has 27 heavy (non-hydrogen) atoms. The molecule has 6 nitrogen and oxygen atoms in total. The maximum absolute atomic E-state index is 13.7. The highest BCUT2D eigenvalue weighted by molar-refractivity contribution is 5.95. The fourth-order valence-electron chi connectivity index (χ4n) is 3.07. The van der Waals surface area contributed by atoms with Gasteiger partial charge in [-0.1, -0.05) is 18.2 Å². The maximum Gasteiger partial charge on any atom is 0.227 e. The van der Waals surface area contributed by atoms with Gasteiger partial charge in [-0.2, -0.15) is 0 Å². The molecule has 0 saturated heterocycles. The summed E-state index contributed by atoms with van der Waals surface area (Å²) in [5, 5.41) is 4.16. The van der Waals surface area contributed by atoms with E-state index in [9.17, 15) is 4.39 Å². The number of anilines is 3. The number of para-hydroxylation sites is 1. The number of hydrogen-bond donors (Lipinski definition) is 2. The highest BCUT2D eigenvalue weighted by Crippen LogP contribution is 2.32. The maximum atomic E-state index is 13.7. The molecule has 136 valence electrons. The lowest BCUT2D eigenvalue weighted by atomic mass is 10.1. The summed E-state index contributed by atoms with van der Waals surface area (Å²) >= 11 is 0. The lowest BCUT2D eigenvalue weighted by Gasteiger charge is -2.12. The van der Waals surface area contributed by atoms with Gasteiger partial charge in [0.15, 0.2) is 0 Å². The van der Waals surface area contributed by atoms with Gasteiger partial charge < -0.3 is 20.4 Å². The van der Waals surface area contributed by atoms with Gasteiger partial charge in [-0.15, -0.1) is 0 Å². The Labute approximate surface area is 155 Å². The molecule has 0 unspecified atom stereocenters. The monoisotopic (exact) mass is 363 g/mol. The van der Waals surface area contributed by atoms with Crippen LogP contribution in [0.5, 0.6) is 5.75 Å². The molecule has 3 N–H and O–H groups in total. The summed E-state index contributed by atoms with van der Waals surface area (Å²) in [4.78, 5) is 8.86. The molecule has 4 rings (SSSR count). The molecule has 0 radical (unpaired) electrons. The Morgan fingerprint density at radius 3 is 2.81 bits per heavy atom. The van der Waals surface area contributed by atoms with Crippen LogP contribution in [-0.4, -0.2) is 21.6 Å². The number of aromatic nitrogens is 3. The first-order chi connectivity index (χ1) is 13.1. The molecule has 0 atom stereocenters. The van der Waals surface area contributed by atoms with E-state index < -0.39 is 5.82 Å². The first-order valence-corrected chi connectivity index (χ1v) is 8.34. The highest BCUT2D eigenvalue weighted by atomic mass is 19.1. The van der Waals surface area contributed by atoms with E-state index in [1.54, 1.807) is 6.20 Å². The Morgan fingerprint density at radius 1 is 1.19 bits per heavy atom. The van der Waals surface area contributed by atoms with Crippen LogP contribution in [0.25, 0.3) is 22.2 Å². The van der Waals surface area contributed by atoms with Crippen molar-refractivity contribution in [2.75, 3.05) is 18.2 Å². The Bertz CT molecular complexity index is 1140. The van der Waals surface area contributed by atoms with Gasteiger partial charge in [0.25, 0.3) is 0 Å². The number of nitrogens with zero attached hydrogens (tertiary/aromatic N) is 3. The summed E-state index contributed by atoms with van der Waals surface area (Å²) in [6.45, 7) is 0. The van der Waals surface area contributed by atoms with Crippen LogP contribution in [0.4, 0.5) is 21.7 Å². The molecular weight excluding hydrogens is 345 g/mol. The molecular formula is C20H18FN5O. The predicted molar refractivity (Wildman–Crippen MR) is 105 cm³/mol. The number of methoxy groups -OCH3 is 1. The van der Waals surface area contributed by atoms with Gasteiger partial charge in [0.2, 0.25) is 5.95 Å². The van der Waals surface area contributed by atoms with E-state index in [1.807, 2.05) is 31.4 Å². The normalized spacial score (nSPS) is 10.9. The Hall–Kier alpha value is -3.61. The zero-order valence-corrected chi connectivity index (χ0v) is 14.9. The number of nitrogen functional groups attached to an aromatic ring is 1. The average molecular weight is 363 g/mol. The van der Waals surface area contributed by atoms with E-state index in [-0.39, 0.29) is 5.69 Å². The van der Waals surface area contributed by atoms with Crippen molar-refractivity contribution in [3.63, 3.8) is 0 Å². The standard InChI is InChI=1S/C20H18FN5O/c1-26-11-13(12-5-3-4-6-18(12)26)16-7-8-23-20(24-16)25-17-10-15(22)14(21)9-19(17)27-2/h3-11H,22H2,1-2H3,(H,23,24,25). The van der Waals surface area contributed by atoms with E-state index in [4.69, 9.17) is 10.5 Å². The molecule has 0 spiro atoms. The number of hydrogen-bond acceptors (Lipinski definition) is 5. The summed E-state index contributed by atoms with van der Waals surface area (Å²) in [6.07, 6.45) is 3.71. The van der Waals surface area contributed by atoms with Crippen LogP contribution in [0.2, 0.25) is 0 Å². The van der Waals surface area contributed by atoms with Gasteiger partial charge in [0, 0.05) is 42.0 Å². The van der Waals surface area contributed by atoms with E-state index >= 15 is 0 Å². The van der Waals surface area contributed by atoms with Gasteiger partial charge >= 0.3 is 0 Å². The van der Waals surface area contributed by atoms with E-state index in [2.05, 4.69) is 32.0 Å². The third-order valence-corrected chi connectivity index (χ3v) is 4.39. The van der Waals surface area contributed by atoms with Crippen molar-refractivity contribution >= 4 is 28.2 Å². The highest BCUT2D eigenvalue weighted by Gasteiger charge is 2.13. The van der Waals surface area contributed by atoms with Gasteiger partial charge in [0.1, 0.15) is 11.6 Å². The number of aryl methyl sites for hydroxylation is 1. The van der Waals surface area contributed by atoms with Crippen LogP contribution >= 0.6 is 0 Å². The molecule has 7 heteroatoms. The Morgan fingerprint density at radius 2 is 2.00 bits per heavy atom. The summed E-state index contributed by atoms with van der Waals surface area (Å²) in [7, 11) is 3.46. The number of ether oxygens (including phenoxy) is 1. The lowest BCUT2D eigenvalue weighted by Crippen LogP contribution is -2.02. The van der Waals surface area contributed by atoms with Crippen molar-refractivity contribution in [3.8, 4) is 17.0 Å². The van der Waals surface area contributed by atoms with Crippen LogP contribution in [0.3, 0.4) is 0 Å². The molecule has 2 heterocycles. The Balaban J connectivity index is 1.74. The van der Waals surface area contributed by atoms with Gasteiger partial charge in [0.05, 0.1) is 24.2 Å². The zero-order valence-electron chi connectivity index (χ0n) is 14.9. The van der Waals surface area contributed by atoms with Crippen LogP contribution in [0.1, 0.15) is 0 Å². The van der Waals surface area contributed by atoms with Gasteiger partial charge in [-0.05, 0) is 18.2 Å². The van der Waals surface area contributed by atoms with Crippen LogP contribution in [0.15, 0.2) is 54.9 Å². The van der Waals surface area contributed by atoms with Crippen molar-refractivity contribution in [1.82, 2.24) is 14.5 Å². The van der Waals surface area contributed by atoms with Crippen LogP contribution < -0.4 is 15.8 Å². The SMILES string of the molecule is COc1cc(F)c(N)cc1Nc1nccc(-c2cn(C)c3ccccc23)n1. The van der Waals surface area contributed by atoms with Crippen molar-refractivity contribution in [3.05, 3.63) is 60.7 Å². The fraction of sp³-hybridized carbons (Fsp3) is 0.100. The number of nitrogens with two attached hydrogens (primary N) is 1. The lowest BCUT2D eigenvalue weighted by molar-refractivity contribution is 0.413. The molecule has 4 aromatic rings. The molecule has 0 aliphatic heterocycles. The van der Waals surface area contributed by atoms with Crippen LogP contribution in [-0.2, 0) is 7.05 Å². The predicted octanol–water partition coefficient (Wildman–Crippen LogP) is 4.11. The topological polar surface area (TPSA) is 78.0 Å². The van der Waals surface area contributed by atoms with Gasteiger partial charge in [-0.3, -0.25) is 0 Å².